The maximum Gasteiger partial charge on any atom is 0.343 e. The fourth-order valence-corrected chi connectivity index (χ4v) is 3.21. The van der Waals surface area contributed by atoms with Gasteiger partial charge >= 0.3 is 5.69 Å². The third kappa shape index (κ3) is 4.55. The molecule has 3 rings (SSSR count). The van der Waals surface area contributed by atoms with Gasteiger partial charge < -0.3 is 0 Å². The highest BCUT2D eigenvalue weighted by Crippen LogP contribution is 2.28. The fourth-order valence-electron chi connectivity index (χ4n) is 3.09. The lowest BCUT2D eigenvalue weighted by molar-refractivity contribution is -0.120. The number of carbonyl (C=O) groups is 1. The Balaban J connectivity index is 1.74. The van der Waals surface area contributed by atoms with Crippen LogP contribution in [0.2, 0.25) is 5.02 Å². The lowest BCUT2D eigenvalue weighted by Crippen LogP contribution is -2.28. The van der Waals surface area contributed by atoms with Gasteiger partial charge in [-0.15, -0.1) is 5.10 Å². The molecule has 0 radical (unpaired) electrons. The molecule has 0 spiro atoms. The standard InChI is InChI=1S/C21H22ClN3O2/c1-14-5-4-6-16(11-14)21(2,3)12-18(26)13-25-20(27)23-19(24-25)15-7-9-17(22)10-8-15/h4-11H,12-13H2,1-3H3,(H,23,24,27). The first kappa shape index (κ1) is 19.1. The van der Waals surface area contributed by atoms with E-state index in [1.807, 2.05) is 39.0 Å². The number of halogens is 1. The maximum absolute atomic E-state index is 12.6. The number of nitrogens with zero attached hydrogens (tertiary/aromatic N) is 2. The van der Waals surface area contributed by atoms with Crippen molar-refractivity contribution in [2.45, 2.75) is 39.2 Å². The van der Waals surface area contributed by atoms with Crippen LogP contribution in [0.3, 0.4) is 0 Å². The van der Waals surface area contributed by atoms with Crippen LogP contribution < -0.4 is 5.69 Å². The van der Waals surface area contributed by atoms with E-state index in [0.29, 0.717) is 17.3 Å². The molecule has 0 aliphatic rings. The molecule has 0 unspecified atom stereocenters. The van der Waals surface area contributed by atoms with Crippen molar-refractivity contribution in [2.24, 2.45) is 0 Å². The quantitative estimate of drug-likeness (QED) is 0.695. The van der Waals surface area contributed by atoms with Crippen LogP contribution in [0, 0.1) is 6.92 Å². The highest BCUT2D eigenvalue weighted by molar-refractivity contribution is 6.30. The first-order valence-electron chi connectivity index (χ1n) is 8.76. The summed E-state index contributed by atoms with van der Waals surface area (Å²) in [5, 5.41) is 4.86. The van der Waals surface area contributed by atoms with Crippen LogP contribution in [0.4, 0.5) is 0 Å². The van der Waals surface area contributed by atoms with Crippen LogP contribution in [-0.4, -0.2) is 20.5 Å². The van der Waals surface area contributed by atoms with Crippen LogP contribution in [0.5, 0.6) is 0 Å². The van der Waals surface area contributed by atoms with E-state index in [9.17, 15) is 9.59 Å². The van der Waals surface area contributed by atoms with Gasteiger partial charge in [0.15, 0.2) is 11.6 Å². The predicted octanol–water partition coefficient (Wildman–Crippen LogP) is 4.14. The molecule has 27 heavy (non-hydrogen) atoms. The van der Waals surface area contributed by atoms with Crippen LogP contribution in [-0.2, 0) is 16.8 Å². The van der Waals surface area contributed by atoms with E-state index in [2.05, 4.69) is 16.1 Å². The first-order valence-corrected chi connectivity index (χ1v) is 9.14. The van der Waals surface area contributed by atoms with Crippen molar-refractivity contribution in [2.75, 3.05) is 0 Å². The Bertz CT molecular complexity index is 1020. The van der Waals surface area contributed by atoms with Gasteiger partial charge in [-0.3, -0.25) is 9.78 Å². The number of carbonyl (C=O) groups excluding carboxylic acids is 1. The molecule has 0 aliphatic heterocycles. The molecule has 1 aromatic heterocycles. The summed E-state index contributed by atoms with van der Waals surface area (Å²) in [6.45, 7) is 6.04. The molecule has 3 aromatic rings. The van der Waals surface area contributed by atoms with Crippen LogP contribution in [0.15, 0.2) is 53.3 Å². The molecule has 0 aliphatic carbocycles. The minimum atomic E-state index is -0.401. The van der Waals surface area contributed by atoms with Gasteiger partial charge in [-0.2, -0.15) is 0 Å². The molecule has 0 fully saturated rings. The first-order chi connectivity index (χ1) is 12.7. The summed E-state index contributed by atoms with van der Waals surface area (Å²) in [7, 11) is 0. The third-order valence-corrected chi connectivity index (χ3v) is 4.81. The molecule has 1 heterocycles. The smallest absolute Gasteiger partial charge is 0.298 e. The number of nitrogens with one attached hydrogen (secondary N) is 1. The number of aromatic nitrogens is 3. The molecule has 0 saturated heterocycles. The number of aryl methyl sites for hydroxylation is 1. The minimum absolute atomic E-state index is 0.0437. The van der Waals surface area contributed by atoms with E-state index in [1.165, 1.54) is 4.68 Å². The van der Waals surface area contributed by atoms with E-state index in [4.69, 9.17) is 11.6 Å². The van der Waals surface area contributed by atoms with E-state index in [-0.39, 0.29) is 17.7 Å². The number of ketones is 1. The lowest BCUT2D eigenvalue weighted by Gasteiger charge is -2.24. The number of hydrogen-bond donors (Lipinski definition) is 1. The Morgan fingerprint density at radius 3 is 2.56 bits per heavy atom. The van der Waals surface area contributed by atoms with Crippen molar-refractivity contribution in [1.82, 2.24) is 14.8 Å². The zero-order valence-corrected chi connectivity index (χ0v) is 16.4. The Hall–Kier alpha value is -2.66. The molecule has 1 N–H and O–H groups in total. The zero-order chi connectivity index (χ0) is 19.6. The Morgan fingerprint density at radius 2 is 1.89 bits per heavy atom. The van der Waals surface area contributed by atoms with E-state index in [1.54, 1.807) is 24.3 Å². The van der Waals surface area contributed by atoms with Gasteiger partial charge in [-0.05, 0) is 42.2 Å². The second kappa shape index (κ2) is 7.53. The van der Waals surface area contributed by atoms with E-state index < -0.39 is 5.69 Å². The van der Waals surface area contributed by atoms with Crippen molar-refractivity contribution in [3.63, 3.8) is 0 Å². The van der Waals surface area contributed by atoms with Gasteiger partial charge in [-0.1, -0.05) is 55.3 Å². The van der Waals surface area contributed by atoms with Gasteiger partial charge in [0.2, 0.25) is 0 Å². The lowest BCUT2D eigenvalue weighted by atomic mass is 9.79. The zero-order valence-electron chi connectivity index (χ0n) is 15.6. The number of rotatable bonds is 6. The average molecular weight is 384 g/mol. The molecule has 140 valence electrons. The van der Waals surface area contributed by atoms with Crippen molar-refractivity contribution in [3.8, 4) is 11.4 Å². The molecule has 0 atom stereocenters. The molecular formula is C21H22ClN3O2. The number of benzene rings is 2. The number of hydrogen-bond acceptors (Lipinski definition) is 3. The topological polar surface area (TPSA) is 67.8 Å². The number of aromatic amines is 1. The summed E-state index contributed by atoms with van der Waals surface area (Å²) in [5.41, 5.74) is 2.28. The van der Waals surface area contributed by atoms with Crippen LogP contribution in [0.25, 0.3) is 11.4 Å². The average Bonchev–Trinajstić information content (AvgIpc) is 2.95. The van der Waals surface area contributed by atoms with Crippen molar-refractivity contribution >= 4 is 17.4 Å². The largest absolute Gasteiger partial charge is 0.343 e. The summed E-state index contributed by atoms with van der Waals surface area (Å²) in [6, 6.07) is 15.1. The second-order valence-electron chi connectivity index (χ2n) is 7.41. The molecule has 0 bridgehead atoms. The van der Waals surface area contributed by atoms with E-state index in [0.717, 1.165) is 16.7 Å². The molecule has 2 aromatic carbocycles. The van der Waals surface area contributed by atoms with Gasteiger partial charge in [0.1, 0.15) is 6.54 Å². The van der Waals surface area contributed by atoms with Gasteiger partial charge in [0, 0.05) is 17.0 Å². The Labute approximate surface area is 163 Å². The maximum atomic E-state index is 12.6. The van der Waals surface area contributed by atoms with Crippen molar-refractivity contribution < 1.29 is 4.79 Å². The van der Waals surface area contributed by atoms with Crippen LogP contribution >= 0.6 is 11.6 Å². The van der Waals surface area contributed by atoms with Crippen molar-refractivity contribution in [1.29, 1.82) is 0 Å². The van der Waals surface area contributed by atoms with Crippen molar-refractivity contribution in [3.05, 3.63) is 75.2 Å². The van der Waals surface area contributed by atoms with Gasteiger partial charge in [-0.25, -0.2) is 9.48 Å². The Morgan fingerprint density at radius 1 is 1.19 bits per heavy atom. The normalized spacial score (nSPS) is 11.6. The Kier molecular flexibility index (Phi) is 5.33. The highest BCUT2D eigenvalue weighted by Gasteiger charge is 2.25. The molecule has 5 nitrogen and oxygen atoms in total. The highest BCUT2D eigenvalue weighted by atomic mass is 35.5. The van der Waals surface area contributed by atoms with Gasteiger partial charge in [0.05, 0.1) is 0 Å². The number of Topliss-reactive ketones (excluding diaryl/α,β-unsaturated/α-hetero) is 1. The van der Waals surface area contributed by atoms with Gasteiger partial charge in [0.25, 0.3) is 0 Å². The minimum Gasteiger partial charge on any atom is -0.298 e. The summed E-state index contributed by atoms with van der Waals surface area (Å²) < 4.78 is 1.18. The molecular weight excluding hydrogens is 362 g/mol. The molecule has 6 heteroatoms. The third-order valence-electron chi connectivity index (χ3n) is 4.56. The summed E-state index contributed by atoms with van der Waals surface area (Å²) in [5.74, 6) is 0.375. The van der Waals surface area contributed by atoms with Crippen LogP contribution in [0.1, 0.15) is 31.4 Å². The summed E-state index contributed by atoms with van der Waals surface area (Å²) in [4.78, 5) is 27.4. The molecule has 0 amide bonds. The SMILES string of the molecule is Cc1cccc(C(C)(C)CC(=O)Cn2nc(-c3ccc(Cl)cc3)[nH]c2=O)c1. The van der Waals surface area contributed by atoms with E-state index >= 15 is 0 Å². The molecule has 0 saturated carbocycles. The summed E-state index contributed by atoms with van der Waals surface area (Å²) >= 11 is 5.88. The fraction of sp³-hybridized carbons (Fsp3) is 0.286. The monoisotopic (exact) mass is 383 g/mol. The predicted molar refractivity (Wildman–Crippen MR) is 107 cm³/mol. The summed E-state index contributed by atoms with van der Waals surface area (Å²) in [6.07, 6.45) is 0.325. The second-order valence-corrected chi connectivity index (χ2v) is 7.85. The number of H-pyrrole nitrogens is 1.